The lowest BCUT2D eigenvalue weighted by Gasteiger charge is -2.18. The van der Waals surface area contributed by atoms with Gasteiger partial charge in [0.05, 0.1) is 13.7 Å². The summed E-state index contributed by atoms with van der Waals surface area (Å²) in [6.45, 7) is 2.08. The number of carbonyl (C=O) groups excluding carboxylic acids is 1. The van der Waals surface area contributed by atoms with Crippen molar-refractivity contribution in [2.45, 2.75) is 19.4 Å². The first-order valence-corrected chi connectivity index (χ1v) is 8.51. The molecular formula is C16H24N8O2. The molecule has 1 amide bonds. The van der Waals surface area contributed by atoms with Crippen LogP contribution in [-0.4, -0.2) is 64.9 Å². The van der Waals surface area contributed by atoms with E-state index in [1.807, 2.05) is 19.0 Å². The predicted octanol–water partition coefficient (Wildman–Crippen LogP) is 0.210. The van der Waals surface area contributed by atoms with Crippen molar-refractivity contribution in [3.8, 4) is 5.88 Å². The van der Waals surface area contributed by atoms with Crippen LogP contribution in [-0.2, 0) is 13.6 Å². The van der Waals surface area contributed by atoms with Crippen molar-refractivity contribution in [1.29, 1.82) is 0 Å². The van der Waals surface area contributed by atoms with Crippen LogP contribution in [0.15, 0.2) is 6.20 Å². The molecule has 0 bridgehead atoms. The lowest BCUT2D eigenvalue weighted by Crippen LogP contribution is -2.27. The molecule has 1 aliphatic rings. The molecule has 3 rings (SSSR count). The number of amides is 1. The average molecular weight is 360 g/mol. The number of aromatic nitrogens is 5. The molecule has 10 nitrogen and oxygen atoms in total. The van der Waals surface area contributed by atoms with Crippen LogP contribution in [0.3, 0.4) is 0 Å². The lowest BCUT2D eigenvalue weighted by atomic mass is 10.3. The molecule has 10 heteroatoms. The molecule has 0 atom stereocenters. The van der Waals surface area contributed by atoms with Gasteiger partial charge in [-0.05, 0) is 12.8 Å². The summed E-state index contributed by atoms with van der Waals surface area (Å²) >= 11 is 0. The summed E-state index contributed by atoms with van der Waals surface area (Å²) in [5, 5.41) is 6.91. The molecule has 140 valence electrons. The molecule has 0 saturated carbocycles. The summed E-state index contributed by atoms with van der Waals surface area (Å²) in [6, 6.07) is 0. The van der Waals surface area contributed by atoms with Crippen molar-refractivity contribution in [2.75, 3.05) is 44.1 Å². The Morgan fingerprint density at radius 2 is 2.00 bits per heavy atom. The standard InChI is InChI=1S/C16H24N8O2/c1-22(2)15-18-12(19-16(20-15)24-7-5-6-8-24)9-17-13(25)11-10-23(3)21-14(11)26-4/h10H,5-9H2,1-4H3,(H,17,25). The van der Waals surface area contributed by atoms with Gasteiger partial charge in [0.2, 0.25) is 17.8 Å². The van der Waals surface area contributed by atoms with Gasteiger partial charge >= 0.3 is 0 Å². The molecule has 0 unspecified atom stereocenters. The fourth-order valence-electron chi connectivity index (χ4n) is 2.76. The average Bonchev–Trinajstić information content (AvgIpc) is 3.28. The number of ether oxygens (including phenoxy) is 1. The number of aryl methyl sites for hydroxylation is 1. The highest BCUT2D eigenvalue weighted by molar-refractivity contribution is 5.96. The smallest absolute Gasteiger partial charge is 0.258 e. The van der Waals surface area contributed by atoms with Gasteiger partial charge in [0.15, 0.2) is 5.82 Å². The minimum atomic E-state index is -0.288. The third-order valence-corrected chi connectivity index (χ3v) is 4.09. The Bertz CT molecular complexity index is 783. The lowest BCUT2D eigenvalue weighted by molar-refractivity contribution is 0.0946. The molecule has 0 aliphatic carbocycles. The first kappa shape index (κ1) is 17.9. The van der Waals surface area contributed by atoms with Crippen LogP contribution in [0.2, 0.25) is 0 Å². The van der Waals surface area contributed by atoms with E-state index < -0.39 is 0 Å². The van der Waals surface area contributed by atoms with Gasteiger partial charge < -0.3 is 19.9 Å². The van der Waals surface area contributed by atoms with Crippen LogP contribution in [0.1, 0.15) is 29.0 Å². The molecule has 1 fully saturated rings. The number of methoxy groups -OCH3 is 1. The zero-order valence-electron chi connectivity index (χ0n) is 15.6. The molecule has 0 radical (unpaired) electrons. The number of hydrogen-bond acceptors (Lipinski definition) is 8. The van der Waals surface area contributed by atoms with E-state index in [1.165, 1.54) is 11.8 Å². The van der Waals surface area contributed by atoms with Crippen molar-refractivity contribution < 1.29 is 9.53 Å². The Morgan fingerprint density at radius 3 is 2.65 bits per heavy atom. The van der Waals surface area contributed by atoms with Gasteiger partial charge in [0.25, 0.3) is 5.91 Å². The minimum Gasteiger partial charge on any atom is -0.479 e. The van der Waals surface area contributed by atoms with E-state index in [0.29, 0.717) is 23.3 Å². The molecular weight excluding hydrogens is 336 g/mol. The second kappa shape index (κ2) is 7.54. The third-order valence-electron chi connectivity index (χ3n) is 4.09. The Hall–Kier alpha value is -2.91. The Balaban J connectivity index is 1.77. The largest absolute Gasteiger partial charge is 0.479 e. The fourth-order valence-corrected chi connectivity index (χ4v) is 2.76. The van der Waals surface area contributed by atoms with Gasteiger partial charge in [0, 0.05) is 40.4 Å². The molecule has 0 aromatic carbocycles. The summed E-state index contributed by atoms with van der Waals surface area (Å²) in [6.07, 6.45) is 3.88. The third kappa shape index (κ3) is 3.84. The maximum atomic E-state index is 12.4. The van der Waals surface area contributed by atoms with Crippen molar-refractivity contribution in [2.24, 2.45) is 7.05 Å². The highest BCUT2D eigenvalue weighted by atomic mass is 16.5. The molecule has 1 N–H and O–H groups in total. The Labute approximate surface area is 152 Å². The van der Waals surface area contributed by atoms with E-state index in [1.54, 1.807) is 13.2 Å². The number of carbonyl (C=O) groups is 1. The van der Waals surface area contributed by atoms with Gasteiger partial charge in [-0.2, -0.15) is 15.0 Å². The van der Waals surface area contributed by atoms with E-state index in [-0.39, 0.29) is 18.3 Å². The molecule has 2 aromatic rings. The van der Waals surface area contributed by atoms with Crippen molar-refractivity contribution in [3.05, 3.63) is 17.6 Å². The highest BCUT2D eigenvalue weighted by Crippen LogP contribution is 2.18. The molecule has 1 saturated heterocycles. The number of anilines is 2. The normalized spacial score (nSPS) is 13.8. The van der Waals surface area contributed by atoms with E-state index in [4.69, 9.17) is 4.74 Å². The monoisotopic (exact) mass is 360 g/mol. The van der Waals surface area contributed by atoms with Crippen molar-refractivity contribution >= 4 is 17.8 Å². The van der Waals surface area contributed by atoms with Crippen LogP contribution in [0.5, 0.6) is 5.88 Å². The first-order chi connectivity index (χ1) is 12.5. The first-order valence-electron chi connectivity index (χ1n) is 8.51. The minimum absolute atomic E-state index is 0.196. The van der Waals surface area contributed by atoms with Gasteiger partial charge in [-0.15, -0.1) is 5.10 Å². The fraction of sp³-hybridized carbons (Fsp3) is 0.562. The van der Waals surface area contributed by atoms with E-state index in [2.05, 4.69) is 30.3 Å². The van der Waals surface area contributed by atoms with Crippen LogP contribution in [0.25, 0.3) is 0 Å². The SMILES string of the molecule is COc1nn(C)cc1C(=O)NCc1nc(N(C)C)nc(N2CCCC2)n1. The molecule has 3 heterocycles. The van der Waals surface area contributed by atoms with Crippen LogP contribution in [0.4, 0.5) is 11.9 Å². The molecule has 26 heavy (non-hydrogen) atoms. The summed E-state index contributed by atoms with van der Waals surface area (Å²) < 4.78 is 6.66. The second-order valence-electron chi connectivity index (χ2n) is 6.35. The zero-order valence-corrected chi connectivity index (χ0v) is 15.6. The number of nitrogens with one attached hydrogen (secondary N) is 1. The maximum Gasteiger partial charge on any atom is 0.258 e. The maximum absolute atomic E-state index is 12.4. The van der Waals surface area contributed by atoms with E-state index >= 15 is 0 Å². The summed E-state index contributed by atoms with van der Waals surface area (Å²) in [7, 11) is 6.98. The van der Waals surface area contributed by atoms with E-state index in [9.17, 15) is 4.79 Å². The van der Waals surface area contributed by atoms with E-state index in [0.717, 1.165) is 25.9 Å². The van der Waals surface area contributed by atoms with Crippen LogP contribution >= 0.6 is 0 Å². The van der Waals surface area contributed by atoms with Gasteiger partial charge in [-0.25, -0.2) is 0 Å². The number of nitrogens with zero attached hydrogens (tertiary/aromatic N) is 7. The number of rotatable bonds is 6. The Morgan fingerprint density at radius 1 is 1.27 bits per heavy atom. The zero-order chi connectivity index (χ0) is 18.7. The molecule has 2 aromatic heterocycles. The quantitative estimate of drug-likeness (QED) is 0.780. The highest BCUT2D eigenvalue weighted by Gasteiger charge is 2.20. The van der Waals surface area contributed by atoms with Gasteiger partial charge in [-0.1, -0.05) is 0 Å². The molecule has 1 aliphatic heterocycles. The topological polar surface area (TPSA) is 101 Å². The predicted molar refractivity (Wildman–Crippen MR) is 96.5 cm³/mol. The van der Waals surface area contributed by atoms with Crippen molar-refractivity contribution in [1.82, 2.24) is 30.0 Å². The second-order valence-corrected chi connectivity index (χ2v) is 6.35. The van der Waals surface area contributed by atoms with Crippen LogP contribution in [0, 0.1) is 0 Å². The van der Waals surface area contributed by atoms with Gasteiger partial charge in [-0.3, -0.25) is 9.48 Å². The van der Waals surface area contributed by atoms with Crippen LogP contribution < -0.4 is 19.9 Å². The summed E-state index contributed by atoms with van der Waals surface area (Å²) in [5.41, 5.74) is 0.372. The van der Waals surface area contributed by atoms with Gasteiger partial charge in [0.1, 0.15) is 5.56 Å². The molecule has 0 spiro atoms. The summed E-state index contributed by atoms with van der Waals surface area (Å²) in [4.78, 5) is 29.9. The Kier molecular flexibility index (Phi) is 5.19. The van der Waals surface area contributed by atoms with Crippen molar-refractivity contribution in [3.63, 3.8) is 0 Å². The summed E-state index contributed by atoms with van der Waals surface area (Å²) in [5.74, 6) is 1.74. The number of hydrogen-bond donors (Lipinski definition) is 1.